The maximum absolute atomic E-state index is 13.1. The standard InChI is InChI=1S/C17H19FOS/c1-3-20-16-8-5-13(6-9-16)17(19)11-14-4-7-15(18)10-12(14)2/h4-10,17,19H,3,11H2,1-2H3. The normalized spacial score (nSPS) is 12.4. The van der Waals surface area contributed by atoms with Gasteiger partial charge in [-0.05, 0) is 53.6 Å². The number of hydrogen-bond donors (Lipinski definition) is 1. The quantitative estimate of drug-likeness (QED) is 0.817. The van der Waals surface area contributed by atoms with Gasteiger partial charge >= 0.3 is 0 Å². The fourth-order valence-corrected chi connectivity index (χ4v) is 2.83. The predicted molar refractivity (Wildman–Crippen MR) is 82.6 cm³/mol. The largest absolute Gasteiger partial charge is 0.388 e. The Morgan fingerprint density at radius 2 is 1.85 bits per heavy atom. The van der Waals surface area contributed by atoms with Gasteiger partial charge in [0, 0.05) is 11.3 Å². The lowest BCUT2D eigenvalue weighted by Crippen LogP contribution is -2.03. The average Bonchev–Trinajstić information content (AvgIpc) is 2.43. The molecule has 2 rings (SSSR count). The molecule has 1 nitrogen and oxygen atoms in total. The van der Waals surface area contributed by atoms with E-state index in [4.69, 9.17) is 0 Å². The summed E-state index contributed by atoms with van der Waals surface area (Å²) < 4.78 is 13.1. The van der Waals surface area contributed by atoms with Gasteiger partial charge in [-0.15, -0.1) is 11.8 Å². The Morgan fingerprint density at radius 1 is 1.15 bits per heavy atom. The lowest BCUT2D eigenvalue weighted by Gasteiger charge is -2.13. The lowest BCUT2D eigenvalue weighted by molar-refractivity contribution is 0.178. The van der Waals surface area contributed by atoms with Crippen molar-refractivity contribution in [2.24, 2.45) is 0 Å². The molecular weight excluding hydrogens is 271 g/mol. The highest BCUT2D eigenvalue weighted by atomic mass is 32.2. The van der Waals surface area contributed by atoms with Crippen molar-refractivity contribution < 1.29 is 9.50 Å². The molecule has 0 aromatic heterocycles. The van der Waals surface area contributed by atoms with E-state index >= 15 is 0 Å². The van der Waals surface area contributed by atoms with Gasteiger partial charge in [-0.1, -0.05) is 25.1 Å². The molecule has 1 N–H and O–H groups in total. The van der Waals surface area contributed by atoms with E-state index in [1.807, 2.05) is 31.2 Å². The molecule has 1 atom stereocenters. The van der Waals surface area contributed by atoms with Gasteiger partial charge in [0.1, 0.15) is 5.82 Å². The molecule has 0 aliphatic carbocycles. The van der Waals surface area contributed by atoms with Crippen LogP contribution in [0.4, 0.5) is 4.39 Å². The summed E-state index contributed by atoms with van der Waals surface area (Å²) in [6.07, 6.45) is -0.0494. The summed E-state index contributed by atoms with van der Waals surface area (Å²) in [5.74, 6) is 0.804. The van der Waals surface area contributed by atoms with Crippen LogP contribution in [-0.2, 0) is 6.42 Å². The average molecular weight is 290 g/mol. The molecule has 0 radical (unpaired) electrons. The van der Waals surface area contributed by atoms with E-state index in [1.54, 1.807) is 17.8 Å². The molecule has 1 unspecified atom stereocenters. The third-order valence-electron chi connectivity index (χ3n) is 3.29. The van der Waals surface area contributed by atoms with Crippen LogP contribution < -0.4 is 0 Å². The van der Waals surface area contributed by atoms with E-state index in [1.165, 1.54) is 17.0 Å². The Kier molecular flexibility index (Phi) is 5.21. The Balaban J connectivity index is 2.09. The first-order valence-electron chi connectivity index (χ1n) is 6.76. The molecule has 0 fully saturated rings. The van der Waals surface area contributed by atoms with Crippen molar-refractivity contribution in [3.63, 3.8) is 0 Å². The number of benzene rings is 2. The number of aryl methyl sites for hydroxylation is 1. The van der Waals surface area contributed by atoms with Crippen molar-refractivity contribution in [3.8, 4) is 0 Å². The number of aliphatic hydroxyl groups is 1. The zero-order valence-corrected chi connectivity index (χ0v) is 12.6. The summed E-state index contributed by atoms with van der Waals surface area (Å²) in [6, 6.07) is 12.7. The molecule has 0 bridgehead atoms. The van der Waals surface area contributed by atoms with Crippen molar-refractivity contribution in [3.05, 3.63) is 65.0 Å². The fraction of sp³-hybridized carbons (Fsp3) is 0.294. The maximum Gasteiger partial charge on any atom is 0.123 e. The summed E-state index contributed by atoms with van der Waals surface area (Å²) in [6.45, 7) is 3.98. The number of aliphatic hydroxyl groups excluding tert-OH is 1. The smallest absolute Gasteiger partial charge is 0.123 e. The second kappa shape index (κ2) is 6.91. The molecule has 0 saturated heterocycles. The minimum atomic E-state index is -0.556. The topological polar surface area (TPSA) is 20.2 Å². The van der Waals surface area contributed by atoms with Crippen LogP contribution in [0.3, 0.4) is 0 Å². The fourth-order valence-electron chi connectivity index (χ4n) is 2.17. The minimum Gasteiger partial charge on any atom is -0.388 e. The number of halogens is 1. The summed E-state index contributed by atoms with van der Waals surface area (Å²) >= 11 is 1.78. The van der Waals surface area contributed by atoms with Gasteiger partial charge in [0.05, 0.1) is 6.10 Å². The van der Waals surface area contributed by atoms with Gasteiger partial charge in [0.25, 0.3) is 0 Å². The van der Waals surface area contributed by atoms with E-state index in [0.29, 0.717) is 6.42 Å². The molecule has 2 aromatic rings. The van der Waals surface area contributed by atoms with Crippen LogP contribution in [0.2, 0.25) is 0 Å². The SMILES string of the molecule is CCSc1ccc(C(O)Cc2ccc(F)cc2C)cc1. The highest BCUT2D eigenvalue weighted by Crippen LogP contribution is 2.24. The molecule has 20 heavy (non-hydrogen) atoms. The second-order valence-corrected chi connectivity index (χ2v) is 6.13. The van der Waals surface area contributed by atoms with Crippen LogP contribution >= 0.6 is 11.8 Å². The van der Waals surface area contributed by atoms with Crippen LogP contribution in [-0.4, -0.2) is 10.9 Å². The van der Waals surface area contributed by atoms with Crippen LogP contribution in [0, 0.1) is 12.7 Å². The molecule has 0 spiro atoms. The molecule has 2 aromatic carbocycles. The van der Waals surface area contributed by atoms with Crippen molar-refractivity contribution in [1.29, 1.82) is 0 Å². The zero-order valence-electron chi connectivity index (χ0n) is 11.8. The van der Waals surface area contributed by atoms with Crippen molar-refractivity contribution in [1.82, 2.24) is 0 Å². The van der Waals surface area contributed by atoms with Gasteiger partial charge in [-0.25, -0.2) is 4.39 Å². The van der Waals surface area contributed by atoms with Gasteiger partial charge in [-0.3, -0.25) is 0 Å². The second-order valence-electron chi connectivity index (χ2n) is 4.79. The van der Waals surface area contributed by atoms with Crippen LogP contribution in [0.25, 0.3) is 0 Å². The predicted octanol–water partition coefficient (Wildman–Crippen LogP) is 4.52. The summed E-state index contributed by atoms with van der Waals surface area (Å²) in [5, 5.41) is 10.3. The Hall–Kier alpha value is -1.32. The first-order valence-corrected chi connectivity index (χ1v) is 7.74. The first-order chi connectivity index (χ1) is 9.60. The van der Waals surface area contributed by atoms with Crippen LogP contribution in [0.15, 0.2) is 47.4 Å². The van der Waals surface area contributed by atoms with E-state index in [2.05, 4.69) is 6.92 Å². The maximum atomic E-state index is 13.1. The highest BCUT2D eigenvalue weighted by molar-refractivity contribution is 7.99. The van der Waals surface area contributed by atoms with E-state index in [9.17, 15) is 9.50 Å². The lowest BCUT2D eigenvalue weighted by atomic mass is 9.98. The molecule has 0 saturated carbocycles. The molecule has 3 heteroatoms. The number of thioether (sulfide) groups is 1. The van der Waals surface area contributed by atoms with Gasteiger partial charge in [0.2, 0.25) is 0 Å². The molecule has 0 aliphatic rings. The van der Waals surface area contributed by atoms with Gasteiger partial charge < -0.3 is 5.11 Å². The van der Waals surface area contributed by atoms with Gasteiger partial charge in [0.15, 0.2) is 0 Å². The van der Waals surface area contributed by atoms with Crippen molar-refractivity contribution >= 4 is 11.8 Å². The summed E-state index contributed by atoms with van der Waals surface area (Å²) in [5.41, 5.74) is 2.75. The number of rotatable bonds is 5. The van der Waals surface area contributed by atoms with Crippen molar-refractivity contribution in [2.75, 3.05) is 5.75 Å². The Bertz CT molecular complexity index is 566. The van der Waals surface area contributed by atoms with Crippen molar-refractivity contribution in [2.45, 2.75) is 31.3 Å². The Morgan fingerprint density at radius 3 is 2.45 bits per heavy atom. The van der Waals surface area contributed by atoms with Crippen LogP contribution in [0.5, 0.6) is 0 Å². The molecule has 0 heterocycles. The van der Waals surface area contributed by atoms with E-state index in [-0.39, 0.29) is 5.82 Å². The summed E-state index contributed by atoms with van der Waals surface area (Å²) in [7, 11) is 0. The monoisotopic (exact) mass is 290 g/mol. The van der Waals surface area contributed by atoms with Gasteiger partial charge in [-0.2, -0.15) is 0 Å². The first kappa shape index (κ1) is 15.1. The third-order valence-corrected chi connectivity index (χ3v) is 4.19. The highest BCUT2D eigenvalue weighted by Gasteiger charge is 2.10. The molecule has 106 valence electrons. The Labute approximate surface area is 123 Å². The summed E-state index contributed by atoms with van der Waals surface area (Å²) in [4.78, 5) is 1.21. The van der Waals surface area contributed by atoms with E-state index in [0.717, 1.165) is 22.4 Å². The molecule has 0 aliphatic heterocycles. The molecule has 0 amide bonds. The minimum absolute atomic E-state index is 0.235. The number of hydrogen-bond acceptors (Lipinski definition) is 2. The molecular formula is C17H19FOS. The zero-order chi connectivity index (χ0) is 14.5. The third kappa shape index (κ3) is 3.84. The van der Waals surface area contributed by atoms with Crippen LogP contribution in [0.1, 0.15) is 29.7 Å². The van der Waals surface area contributed by atoms with E-state index < -0.39 is 6.10 Å².